The SMILES string of the molecule is Br.CN1C(=CN)SC2=C1c1ccc(Cl)cc1C2. The lowest BCUT2D eigenvalue weighted by Gasteiger charge is -2.17. The third-order valence-corrected chi connectivity index (χ3v) is 4.41. The van der Waals surface area contributed by atoms with Crippen molar-refractivity contribution in [1.29, 1.82) is 0 Å². The van der Waals surface area contributed by atoms with E-state index >= 15 is 0 Å². The Labute approximate surface area is 120 Å². The first-order valence-electron chi connectivity index (χ1n) is 5.06. The highest BCUT2D eigenvalue weighted by Crippen LogP contribution is 2.50. The minimum absolute atomic E-state index is 0. The average molecular weight is 332 g/mol. The van der Waals surface area contributed by atoms with Gasteiger partial charge in [-0.05, 0) is 17.7 Å². The smallest absolute Gasteiger partial charge is 0.0953 e. The number of halogens is 2. The molecule has 0 saturated heterocycles. The number of benzene rings is 1. The molecule has 1 aliphatic carbocycles. The van der Waals surface area contributed by atoms with Crippen molar-refractivity contribution in [2.75, 3.05) is 7.05 Å². The maximum atomic E-state index is 6.00. The molecule has 2 nitrogen and oxygen atoms in total. The van der Waals surface area contributed by atoms with Crippen LogP contribution < -0.4 is 5.73 Å². The second-order valence-electron chi connectivity index (χ2n) is 3.92. The van der Waals surface area contributed by atoms with Gasteiger partial charge in [-0.3, -0.25) is 0 Å². The zero-order valence-electron chi connectivity index (χ0n) is 9.24. The zero-order valence-corrected chi connectivity index (χ0v) is 12.5. The molecule has 2 N–H and O–H groups in total. The highest BCUT2D eigenvalue weighted by molar-refractivity contribution is 8.93. The van der Waals surface area contributed by atoms with Gasteiger partial charge in [0.25, 0.3) is 0 Å². The summed E-state index contributed by atoms with van der Waals surface area (Å²) in [5, 5.41) is 1.91. The highest BCUT2D eigenvalue weighted by atomic mass is 79.9. The molecule has 0 saturated carbocycles. The fourth-order valence-corrected chi connectivity index (χ4v) is 3.56. The van der Waals surface area contributed by atoms with Gasteiger partial charge in [0.1, 0.15) is 0 Å². The summed E-state index contributed by atoms with van der Waals surface area (Å²) in [6.07, 6.45) is 2.64. The van der Waals surface area contributed by atoms with Gasteiger partial charge in [0.15, 0.2) is 0 Å². The van der Waals surface area contributed by atoms with Crippen LogP contribution in [0.15, 0.2) is 34.3 Å². The van der Waals surface area contributed by atoms with Crippen molar-refractivity contribution >= 4 is 46.0 Å². The molecule has 0 aromatic heterocycles. The maximum absolute atomic E-state index is 6.00. The Hall–Kier alpha value is -0.580. The molecule has 17 heavy (non-hydrogen) atoms. The number of allylic oxidation sites excluding steroid dienone is 1. The van der Waals surface area contributed by atoms with Crippen molar-refractivity contribution < 1.29 is 0 Å². The lowest BCUT2D eigenvalue weighted by Crippen LogP contribution is -2.11. The molecule has 5 heteroatoms. The number of thioether (sulfide) groups is 1. The van der Waals surface area contributed by atoms with Gasteiger partial charge in [-0.25, -0.2) is 0 Å². The first kappa shape index (κ1) is 12.9. The molecule has 1 aromatic carbocycles. The molecule has 0 radical (unpaired) electrons. The second kappa shape index (κ2) is 4.59. The van der Waals surface area contributed by atoms with E-state index in [-0.39, 0.29) is 17.0 Å². The third-order valence-electron chi connectivity index (χ3n) is 2.97. The summed E-state index contributed by atoms with van der Waals surface area (Å²) in [4.78, 5) is 3.52. The van der Waals surface area contributed by atoms with Crippen molar-refractivity contribution in [3.05, 3.63) is 50.5 Å². The summed E-state index contributed by atoms with van der Waals surface area (Å²) < 4.78 is 0. The number of nitrogens with zero attached hydrogens (tertiary/aromatic N) is 1. The van der Waals surface area contributed by atoms with Crippen molar-refractivity contribution in [3.63, 3.8) is 0 Å². The van der Waals surface area contributed by atoms with Crippen LogP contribution in [0.2, 0.25) is 5.02 Å². The molecule has 1 heterocycles. The van der Waals surface area contributed by atoms with E-state index in [0.29, 0.717) is 0 Å². The molecule has 0 fully saturated rings. The van der Waals surface area contributed by atoms with Gasteiger partial charge >= 0.3 is 0 Å². The van der Waals surface area contributed by atoms with Crippen molar-refractivity contribution in [1.82, 2.24) is 4.90 Å². The first-order chi connectivity index (χ1) is 7.70. The summed E-state index contributed by atoms with van der Waals surface area (Å²) in [6, 6.07) is 6.09. The molecule has 0 amide bonds. The van der Waals surface area contributed by atoms with Crippen molar-refractivity contribution in [2.24, 2.45) is 5.73 Å². The molecule has 1 aromatic rings. The Morgan fingerprint density at radius 1 is 1.47 bits per heavy atom. The fourth-order valence-electron chi connectivity index (χ4n) is 2.25. The molecule has 0 bridgehead atoms. The quantitative estimate of drug-likeness (QED) is 0.788. The first-order valence-corrected chi connectivity index (χ1v) is 6.25. The van der Waals surface area contributed by atoms with Gasteiger partial charge in [-0.1, -0.05) is 29.4 Å². The number of hydrogen-bond donors (Lipinski definition) is 1. The molecule has 90 valence electrons. The molecule has 0 spiro atoms. The molecular formula is C12H12BrClN2S. The third kappa shape index (κ3) is 1.88. The molecule has 2 aliphatic rings. The normalized spacial score (nSPS) is 19.4. The van der Waals surface area contributed by atoms with Crippen LogP contribution in [0.25, 0.3) is 5.70 Å². The van der Waals surface area contributed by atoms with Gasteiger partial charge in [0, 0.05) is 35.2 Å². The summed E-state index contributed by atoms with van der Waals surface area (Å²) in [5.74, 6) is 0. The van der Waals surface area contributed by atoms with Gasteiger partial charge < -0.3 is 10.6 Å². The fraction of sp³-hybridized carbons (Fsp3) is 0.167. The van der Waals surface area contributed by atoms with Crippen molar-refractivity contribution in [3.8, 4) is 0 Å². The Kier molecular flexibility index (Phi) is 3.48. The summed E-state index contributed by atoms with van der Waals surface area (Å²) in [6.45, 7) is 0. The number of rotatable bonds is 0. The van der Waals surface area contributed by atoms with Crippen LogP contribution >= 0.6 is 40.3 Å². The molecule has 0 unspecified atom stereocenters. The highest BCUT2D eigenvalue weighted by Gasteiger charge is 2.32. The molecule has 0 atom stereocenters. The largest absolute Gasteiger partial charge is 0.402 e. The van der Waals surface area contributed by atoms with Gasteiger partial charge in [-0.15, -0.1) is 17.0 Å². The van der Waals surface area contributed by atoms with Crippen LogP contribution in [0.5, 0.6) is 0 Å². The van der Waals surface area contributed by atoms with Crippen LogP contribution in [0.3, 0.4) is 0 Å². The van der Waals surface area contributed by atoms with Crippen molar-refractivity contribution in [2.45, 2.75) is 6.42 Å². The Morgan fingerprint density at radius 3 is 2.94 bits per heavy atom. The number of nitrogens with two attached hydrogens (primary N) is 1. The van der Waals surface area contributed by atoms with E-state index in [9.17, 15) is 0 Å². The van der Waals surface area contributed by atoms with Crippen LogP contribution in [0.1, 0.15) is 11.1 Å². The summed E-state index contributed by atoms with van der Waals surface area (Å²) >= 11 is 7.75. The van der Waals surface area contributed by atoms with Crippen LogP contribution in [-0.2, 0) is 6.42 Å². The zero-order chi connectivity index (χ0) is 11.3. The Morgan fingerprint density at radius 2 is 2.24 bits per heavy atom. The lowest BCUT2D eigenvalue weighted by molar-refractivity contribution is 0.646. The Bertz CT molecular complexity index is 539. The van der Waals surface area contributed by atoms with E-state index in [2.05, 4.69) is 24.1 Å². The minimum Gasteiger partial charge on any atom is -0.402 e. The minimum atomic E-state index is 0. The van der Waals surface area contributed by atoms with E-state index in [1.807, 2.05) is 6.07 Å². The molecule has 1 aliphatic heterocycles. The predicted molar refractivity (Wildman–Crippen MR) is 80.0 cm³/mol. The number of fused-ring (bicyclic) bond motifs is 2. The topological polar surface area (TPSA) is 29.3 Å². The van der Waals surface area contributed by atoms with Crippen LogP contribution in [0, 0.1) is 0 Å². The second-order valence-corrected chi connectivity index (χ2v) is 5.47. The molecular weight excluding hydrogens is 320 g/mol. The number of hydrogen-bond acceptors (Lipinski definition) is 3. The molecule has 3 rings (SSSR count). The van der Waals surface area contributed by atoms with Gasteiger partial charge in [0.05, 0.1) is 10.7 Å². The van der Waals surface area contributed by atoms with Gasteiger partial charge in [-0.2, -0.15) is 0 Å². The van der Waals surface area contributed by atoms with E-state index in [1.165, 1.54) is 21.7 Å². The summed E-state index contributed by atoms with van der Waals surface area (Å²) in [5.41, 5.74) is 9.48. The predicted octanol–water partition coefficient (Wildman–Crippen LogP) is 3.58. The maximum Gasteiger partial charge on any atom is 0.0953 e. The van der Waals surface area contributed by atoms with Gasteiger partial charge in [0.2, 0.25) is 0 Å². The monoisotopic (exact) mass is 330 g/mol. The summed E-state index contributed by atoms with van der Waals surface area (Å²) in [7, 11) is 2.05. The van der Waals surface area contributed by atoms with Crippen LogP contribution in [-0.4, -0.2) is 11.9 Å². The van der Waals surface area contributed by atoms with Crippen LogP contribution in [0.4, 0.5) is 0 Å². The van der Waals surface area contributed by atoms with E-state index in [0.717, 1.165) is 16.5 Å². The Balaban J connectivity index is 0.00000108. The van der Waals surface area contributed by atoms with E-state index < -0.39 is 0 Å². The standard InChI is InChI=1S/C12H11ClN2S.BrH/c1-15-11(6-14)16-10-5-7-4-8(13)2-3-9(7)12(10)15;/h2-4,6H,5,14H2,1H3;1H. The van der Waals surface area contributed by atoms with E-state index in [1.54, 1.807) is 18.0 Å². The lowest BCUT2D eigenvalue weighted by atomic mass is 10.1. The van der Waals surface area contributed by atoms with E-state index in [4.69, 9.17) is 17.3 Å². The average Bonchev–Trinajstić information content (AvgIpc) is 2.75.